The van der Waals surface area contributed by atoms with Crippen molar-refractivity contribution >= 4 is 17.5 Å². The molecule has 1 atom stereocenters. The fraction of sp³-hybridized carbons (Fsp3) is 0.348. The Labute approximate surface area is 180 Å². The number of carbonyl (C=O) groups is 1. The van der Waals surface area contributed by atoms with E-state index in [0.29, 0.717) is 29.3 Å². The van der Waals surface area contributed by atoms with Gasteiger partial charge >= 0.3 is 0 Å². The minimum Gasteiger partial charge on any atom is -0.486 e. The van der Waals surface area contributed by atoms with E-state index in [2.05, 4.69) is 16.1 Å². The molecule has 0 radical (unpaired) electrons. The Morgan fingerprint density at radius 2 is 2.17 bits per heavy atom. The monoisotopic (exact) mass is 422 g/mol. The minimum atomic E-state index is 0.0143. The Bertz CT molecular complexity index is 1120. The molecule has 1 amide bonds. The van der Waals surface area contributed by atoms with Gasteiger partial charge < -0.3 is 9.64 Å². The molecule has 30 heavy (non-hydrogen) atoms. The smallest absolute Gasteiger partial charge is 0.257 e. The molecule has 0 spiro atoms. The van der Waals surface area contributed by atoms with Gasteiger partial charge in [-0.3, -0.25) is 14.5 Å². The number of hydrogen-bond acceptors (Lipinski definition) is 4. The third kappa shape index (κ3) is 3.35. The summed E-state index contributed by atoms with van der Waals surface area (Å²) in [5, 5.41) is 4.74. The Kier molecular flexibility index (Phi) is 4.74. The first kappa shape index (κ1) is 19.1. The predicted octanol–water partition coefficient (Wildman–Crippen LogP) is 4.03. The van der Waals surface area contributed by atoms with Crippen molar-refractivity contribution in [3.8, 4) is 17.0 Å². The van der Waals surface area contributed by atoms with Crippen LogP contribution in [0.2, 0.25) is 5.02 Å². The maximum atomic E-state index is 13.1. The van der Waals surface area contributed by atoms with Crippen LogP contribution in [0.1, 0.15) is 39.9 Å². The Morgan fingerprint density at radius 3 is 2.90 bits per heavy atom. The lowest BCUT2D eigenvalue weighted by Crippen LogP contribution is -2.41. The van der Waals surface area contributed by atoms with Gasteiger partial charge in [0.2, 0.25) is 0 Å². The molecule has 0 saturated carbocycles. The molecule has 0 aliphatic carbocycles. The molecule has 2 aliphatic heterocycles. The summed E-state index contributed by atoms with van der Waals surface area (Å²) in [6.45, 7) is 3.40. The van der Waals surface area contributed by atoms with E-state index in [-0.39, 0.29) is 12.0 Å². The van der Waals surface area contributed by atoms with Crippen molar-refractivity contribution in [3.05, 3.63) is 64.1 Å². The van der Waals surface area contributed by atoms with E-state index >= 15 is 0 Å². The van der Waals surface area contributed by atoms with Gasteiger partial charge in [0, 0.05) is 31.5 Å². The molecular formula is C23H23ClN4O2. The summed E-state index contributed by atoms with van der Waals surface area (Å²) in [7, 11) is 1.89. The first-order chi connectivity index (χ1) is 14.5. The predicted molar refractivity (Wildman–Crippen MR) is 115 cm³/mol. The molecule has 1 saturated heterocycles. The zero-order valence-electron chi connectivity index (χ0n) is 17.1. The van der Waals surface area contributed by atoms with Gasteiger partial charge in [-0.2, -0.15) is 5.10 Å². The molecule has 3 aromatic rings. The standard InChI is InChI=1S/C23H23ClN4O2/c1-14-16(8-15-5-6-20(25-10-15)17-11-26-27(2)12-17)9-19-22(21(14)24)30-18-4-3-7-28(13-18)23(19)29/h5-6,9-12,18H,3-4,7-8,13H2,1-2H3/t18-/m0/s1. The third-order valence-corrected chi connectivity index (χ3v) is 6.43. The fourth-order valence-corrected chi connectivity index (χ4v) is 4.53. The number of aryl methyl sites for hydroxylation is 1. The average Bonchev–Trinajstić information content (AvgIpc) is 3.16. The lowest BCUT2D eigenvalue weighted by molar-refractivity contribution is 0.0613. The van der Waals surface area contributed by atoms with Gasteiger partial charge in [-0.1, -0.05) is 17.7 Å². The number of halogens is 1. The number of hydrogen-bond donors (Lipinski definition) is 0. The summed E-state index contributed by atoms with van der Waals surface area (Å²) in [4.78, 5) is 19.6. The van der Waals surface area contributed by atoms with Gasteiger partial charge in [0.05, 0.1) is 29.0 Å². The van der Waals surface area contributed by atoms with Crippen LogP contribution in [0.4, 0.5) is 0 Å². The first-order valence-corrected chi connectivity index (χ1v) is 10.6. The number of benzene rings is 1. The van der Waals surface area contributed by atoms with E-state index in [0.717, 1.165) is 47.3 Å². The van der Waals surface area contributed by atoms with Crippen LogP contribution in [0.5, 0.6) is 5.75 Å². The number of fused-ring (bicyclic) bond motifs is 3. The molecule has 2 aliphatic rings. The maximum absolute atomic E-state index is 13.1. The second kappa shape index (κ2) is 7.43. The highest BCUT2D eigenvalue weighted by Gasteiger charge is 2.34. The van der Waals surface area contributed by atoms with Crippen molar-refractivity contribution in [2.24, 2.45) is 7.05 Å². The molecule has 7 heteroatoms. The zero-order chi connectivity index (χ0) is 20.8. The Hall–Kier alpha value is -2.86. The molecule has 5 rings (SSSR count). The lowest BCUT2D eigenvalue weighted by atomic mass is 9.97. The first-order valence-electron chi connectivity index (χ1n) is 10.2. The van der Waals surface area contributed by atoms with Gasteiger partial charge in [0.1, 0.15) is 6.10 Å². The van der Waals surface area contributed by atoms with Crippen LogP contribution in [-0.4, -0.2) is 44.8 Å². The van der Waals surface area contributed by atoms with Crippen LogP contribution in [0.15, 0.2) is 36.8 Å². The number of ether oxygens (including phenoxy) is 1. The van der Waals surface area contributed by atoms with Crippen LogP contribution < -0.4 is 4.74 Å². The topological polar surface area (TPSA) is 60.2 Å². The van der Waals surface area contributed by atoms with E-state index in [4.69, 9.17) is 16.3 Å². The minimum absolute atomic E-state index is 0.0143. The Balaban J connectivity index is 1.47. The summed E-state index contributed by atoms with van der Waals surface area (Å²) < 4.78 is 7.93. The fourth-order valence-electron chi connectivity index (χ4n) is 4.26. The number of piperidine rings is 1. The molecule has 4 heterocycles. The van der Waals surface area contributed by atoms with Crippen molar-refractivity contribution in [2.45, 2.75) is 32.3 Å². The van der Waals surface area contributed by atoms with E-state index in [1.54, 1.807) is 10.9 Å². The molecular weight excluding hydrogens is 400 g/mol. The summed E-state index contributed by atoms with van der Waals surface area (Å²) in [5.41, 5.74) is 5.46. The van der Waals surface area contributed by atoms with E-state index in [9.17, 15) is 4.79 Å². The number of aromatic nitrogens is 3. The van der Waals surface area contributed by atoms with E-state index in [1.165, 1.54) is 0 Å². The summed E-state index contributed by atoms with van der Waals surface area (Å²) in [6.07, 6.45) is 8.20. The number of pyridine rings is 1. The van der Waals surface area contributed by atoms with Crippen LogP contribution in [-0.2, 0) is 13.5 Å². The van der Waals surface area contributed by atoms with Crippen LogP contribution in [0.25, 0.3) is 11.3 Å². The average molecular weight is 423 g/mol. The number of carbonyl (C=O) groups excluding carboxylic acids is 1. The highest BCUT2D eigenvalue weighted by molar-refractivity contribution is 6.33. The van der Waals surface area contributed by atoms with Crippen molar-refractivity contribution in [1.29, 1.82) is 0 Å². The van der Waals surface area contributed by atoms with Gasteiger partial charge in [-0.25, -0.2) is 0 Å². The molecule has 2 aromatic heterocycles. The summed E-state index contributed by atoms with van der Waals surface area (Å²) >= 11 is 6.70. The Morgan fingerprint density at radius 1 is 1.30 bits per heavy atom. The number of amides is 1. The highest BCUT2D eigenvalue weighted by Crippen LogP contribution is 2.39. The maximum Gasteiger partial charge on any atom is 0.257 e. The normalized spacial score (nSPS) is 18.0. The largest absolute Gasteiger partial charge is 0.486 e. The van der Waals surface area contributed by atoms with Crippen molar-refractivity contribution in [1.82, 2.24) is 19.7 Å². The molecule has 1 aromatic carbocycles. The summed E-state index contributed by atoms with van der Waals surface area (Å²) in [5.74, 6) is 0.558. The van der Waals surface area contributed by atoms with Gasteiger partial charge in [0.25, 0.3) is 5.91 Å². The van der Waals surface area contributed by atoms with Crippen molar-refractivity contribution < 1.29 is 9.53 Å². The van der Waals surface area contributed by atoms with Gasteiger partial charge in [-0.15, -0.1) is 0 Å². The van der Waals surface area contributed by atoms with E-state index in [1.807, 2.05) is 43.4 Å². The SMILES string of the molecule is Cc1c(Cc2ccc(-c3cnn(C)c3)nc2)cc2c(c1Cl)O[C@H]1CCCN(C1)C2=O. The third-order valence-electron chi connectivity index (χ3n) is 5.97. The van der Waals surface area contributed by atoms with Crippen LogP contribution >= 0.6 is 11.6 Å². The lowest BCUT2D eigenvalue weighted by Gasteiger charge is -2.29. The molecule has 0 N–H and O–H groups in total. The second-order valence-electron chi connectivity index (χ2n) is 8.12. The molecule has 154 valence electrons. The molecule has 2 bridgehead atoms. The number of nitrogens with zero attached hydrogens (tertiary/aromatic N) is 4. The summed E-state index contributed by atoms with van der Waals surface area (Å²) in [6, 6.07) is 6.01. The van der Waals surface area contributed by atoms with Crippen LogP contribution in [0.3, 0.4) is 0 Å². The van der Waals surface area contributed by atoms with Crippen molar-refractivity contribution in [2.75, 3.05) is 13.1 Å². The number of rotatable bonds is 3. The molecule has 1 fully saturated rings. The van der Waals surface area contributed by atoms with E-state index < -0.39 is 0 Å². The zero-order valence-corrected chi connectivity index (χ0v) is 17.8. The van der Waals surface area contributed by atoms with Gasteiger partial charge in [0.15, 0.2) is 5.75 Å². The molecule has 6 nitrogen and oxygen atoms in total. The quantitative estimate of drug-likeness (QED) is 0.639. The van der Waals surface area contributed by atoms with Crippen molar-refractivity contribution in [3.63, 3.8) is 0 Å². The van der Waals surface area contributed by atoms with Crippen LogP contribution in [0, 0.1) is 6.92 Å². The second-order valence-corrected chi connectivity index (χ2v) is 8.49. The highest BCUT2D eigenvalue weighted by atomic mass is 35.5. The van der Waals surface area contributed by atoms with Gasteiger partial charge in [-0.05, 0) is 55.0 Å². The molecule has 0 unspecified atom stereocenters.